The van der Waals surface area contributed by atoms with Crippen molar-refractivity contribution in [3.8, 4) is 5.75 Å². The summed E-state index contributed by atoms with van der Waals surface area (Å²) in [6.45, 7) is 3.88. The first kappa shape index (κ1) is 10.4. The molecule has 4 heteroatoms. The highest BCUT2D eigenvalue weighted by atomic mass is 16.5. The van der Waals surface area contributed by atoms with Crippen LogP contribution in [0.1, 0.15) is 11.1 Å². The lowest BCUT2D eigenvalue weighted by Gasteiger charge is -2.09. The first-order valence-electron chi connectivity index (χ1n) is 4.30. The molecule has 1 rings (SSSR count). The molecule has 0 spiro atoms. The van der Waals surface area contributed by atoms with Gasteiger partial charge in [0.05, 0.1) is 12.8 Å². The first-order chi connectivity index (χ1) is 6.56. The molecule has 0 radical (unpaired) electrons. The number of guanidine groups is 1. The molecule has 0 saturated heterocycles. The molecule has 0 amide bonds. The van der Waals surface area contributed by atoms with Crippen molar-refractivity contribution < 1.29 is 4.74 Å². The summed E-state index contributed by atoms with van der Waals surface area (Å²) in [4.78, 5) is 4.06. The smallest absolute Gasteiger partial charge is 0.191 e. The molecule has 4 nitrogen and oxygen atoms in total. The molecule has 4 N–H and O–H groups in total. The van der Waals surface area contributed by atoms with Crippen LogP contribution in [0.15, 0.2) is 17.1 Å². The Bertz CT molecular complexity index is 368. The highest BCUT2D eigenvalue weighted by Gasteiger charge is 2.06. The fourth-order valence-corrected chi connectivity index (χ4v) is 1.34. The maximum Gasteiger partial charge on any atom is 0.191 e. The lowest BCUT2D eigenvalue weighted by Crippen LogP contribution is -2.22. The van der Waals surface area contributed by atoms with Gasteiger partial charge in [0, 0.05) is 5.56 Å². The summed E-state index contributed by atoms with van der Waals surface area (Å²) in [6.07, 6.45) is 0. The monoisotopic (exact) mass is 193 g/mol. The number of aryl methyl sites for hydroxylation is 1. The Balaban J connectivity index is 3.32. The van der Waals surface area contributed by atoms with Gasteiger partial charge in [0.15, 0.2) is 5.96 Å². The molecule has 14 heavy (non-hydrogen) atoms. The van der Waals surface area contributed by atoms with E-state index in [0.717, 1.165) is 22.6 Å². The zero-order chi connectivity index (χ0) is 10.7. The van der Waals surface area contributed by atoms with Crippen LogP contribution in [0, 0.1) is 13.8 Å². The van der Waals surface area contributed by atoms with Crippen molar-refractivity contribution in [2.45, 2.75) is 13.8 Å². The zero-order valence-corrected chi connectivity index (χ0v) is 8.66. The summed E-state index contributed by atoms with van der Waals surface area (Å²) >= 11 is 0. The average Bonchev–Trinajstić information content (AvgIpc) is 2.12. The molecular weight excluding hydrogens is 178 g/mol. The molecule has 0 aliphatic heterocycles. The molecule has 0 bridgehead atoms. The van der Waals surface area contributed by atoms with Gasteiger partial charge in [-0.05, 0) is 25.5 Å². The molecule has 1 aromatic carbocycles. The van der Waals surface area contributed by atoms with E-state index in [1.54, 1.807) is 7.11 Å². The first-order valence-corrected chi connectivity index (χ1v) is 4.30. The van der Waals surface area contributed by atoms with Crippen LogP contribution in [-0.4, -0.2) is 13.1 Å². The van der Waals surface area contributed by atoms with Gasteiger partial charge < -0.3 is 16.2 Å². The molecule has 0 heterocycles. The van der Waals surface area contributed by atoms with Crippen molar-refractivity contribution >= 4 is 11.6 Å². The number of benzene rings is 1. The van der Waals surface area contributed by atoms with E-state index in [1.807, 2.05) is 26.0 Å². The van der Waals surface area contributed by atoms with Crippen LogP contribution < -0.4 is 16.2 Å². The van der Waals surface area contributed by atoms with Gasteiger partial charge in [-0.25, -0.2) is 4.99 Å². The second-order valence-corrected chi connectivity index (χ2v) is 3.09. The lowest BCUT2D eigenvalue weighted by atomic mass is 10.1. The zero-order valence-electron chi connectivity index (χ0n) is 8.66. The van der Waals surface area contributed by atoms with Crippen LogP contribution in [0.25, 0.3) is 0 Å². The number of hydrogen-bond acceptors (Lipinski definition) is 2. The maximum atomic E-state index is 5.34. The van der Waals surface area contributed by atoms with Gasteiger partial charge in [0.2, 0.25) is 0 Å². The quantitative estimate of drug-likeness (QED) is 0.547. The van der Waals surface area contributed by atoms with Gasteiger partial charge in [-0.2, -0.15) is 0 Å². The predicted molar refractivity (Wildman–Crippen MR) is 57.9 cm³/mol. The Hall–Kier alpha value is -1.71. The van der Waals surface area contributed by atoms with Crippen LogP contribution in [-0.2, 0) is 0 Å². The van der Waals surface area contributed by atoms with Gasteiger partial charge in [-0.3, -0.25) is 0 Å². The summed E-state index contributed by atoms with van der Waals surface area (Å²) in [6, 6.07) is 3.82. The third kappa shape index (κ3) is 1.96. The normalized spacial score (nSPS) is 9.64. The molecule has 0 atom stereocenters. The maximum absolute atomic E-state index is 5.34. The minimum atomic E-state index is 0.0597. The Labute approximate surface area is 83.6 Å². The third-order valence-electron chi connectivity index (χ3n) is 2.04. The molecule has 0 aliphatic carbocycles. The number of hydrogen-bond donors (Lipinski definition) is 2. The van der Waals surface area contributed by atoms with E-state index in [0.29, 0.717) is 0 Å². The molecule has 0 fully saturated rings. The van der Waals surface area contributed by atoms with Gasteiger partial charge in [0.1, 0.15) is 5.75 Å². The fraction of sp³-hybridized carbons (Fsp3) is 0.300. The minimum absolute atomic E-state index is 0.0597. The standard InChI is InChI=1S/C10H15N3O/c1-6-4-5-8(14-3)7(2)9(6)13-10(11)12/h4-5H,1-3H3,(H4,11,12,13). The summed E-state index contributed by atoms with van der Waals surface area (Å²) in [5.74, 6) is 0.847. The topological polar surface area (TPSA) is 73.6 Å². The Morgan fingerprint density at radius 2 is 1.93 bits per heavy atom. The van der Waals surface area contributed by atoms with Crippen molar-refractivity contribution in [2.24, 2.45) is 16.5 Å². The Kier molecular flexibility index (Phi) is 2.96. The van der Waals surface area contributed by atoms with Crippen LogP contribution in [0.3, 0.4) is 0 Å². The molecule has 0 aromatic heterocycles. The van der Waals surface area contributed by atoms with E-state index in [4.69, 9.17) is 16.2 Å². The molecule has 0 aliphatic rings. The van der Waals surface area contributed by atoms with Gasteiger partial charge in [-0.15, -0.1) is 0 Å². The third-order valence-corrected chi connectivity index (χ3v) is 2.04. The largest absolute Gasteiger partial charge is 0.496 e. The average molecular weight is 193 g/mol. The van der Waals surface area contributed by atoms with Gasteiger partial charge in [-0.1, -0.05) is 6.07 Å². The van der Waals surface area contributed by atoms with E-state index in [9.17, 15) is 0 Å². The minimum Gasteiger partial charge on any atom is -0.496 e. The molecule has 0 saturated carbocycles. The van der Waals surface area contributed by atoms with Gasteiger partial charge >= 0.3 is 0 Å². The summed E-state index contributed by atoms with van der Waals surface area (Å²) < 4.78 is 5.17. The van der Waals surface area contributed by atoms with E-state index in [1.165, 1.54) is 0 Å². The van der Waals surface area contributed by atoms with E-state index in [-0.39, 0.29) is 5.96 Å². The number of nitrogens with two attached hydrogens (primary N) is 2. The predicted octanol–water partition coefficient (Wildman–Crippen LogP) is 1.22. The number of aliphatic imine (C=N–C) groups is 1. The molecule has 76 valence electrons. The Morgan fingerprint density at radius 1 is 1.29 bits per heavy atom. The van der Waals surface area contributed by atoms with Crippen molar-refractivity contribution in [1.82, 2.24) is 0 Å². The van der Waals surface area contributed by atoms with Crippen molar-refractivity contribution in [1.29, 1.82) is 0 Å². The molecule has 1 aromatic rings. The fourth-order valence-electron chi connectivity index (χ4n) is 1.34. The van der Waals surface area contributed by atoms with Crippen LogP contribution in [0.4, 0.5) is 5.69 Å². The van der Waals surface area contributed by atoms with Crippen LogP contribution in [0.5, 0.6) is 5.75 Å². The summed E-state index contributed by atoms with van der Waals surface area (Å²) in [5.41, 5.74) is 13.4. The van der Waals surface area contributed by atoms with Crippen molar-refractivity contribution in [3.05, 3.63) is 23.3 Å². The number of rotatable bonds is 2. The Morgan fingerprint density at radius 3 is 2.43 bits per heavy atom. The van der Waals surface area contributed by atoms with Crippen LogP contribution >= 0.6 is 0 Å². The highest BCUT2D eigenvalue weighted by molar-refractivity contribution is 5.80. The van der Waals surface area contributed by atoms with E-state index >= 15 is 0 Å². The lowest BCUT2D eigenvalue weighted by molar-refractivity contribution is 0.412. The van der Waals surface area contributed by atoms with Gasteiger partial charge in [0.25, 0.3) is 0 Å². The molecule has 0 unspecified atom stereocenters. The SMILES string of the molecule is COc1ccc(C)c(N=C(N)N)c1C. The highest BCUT2D eigenvalue weighted by Crippen LogP contribution is 2.30. The van der Waals surface area contributed by atoms with Crippen molar-refractivity contribution in [2.75, 3.05) is 7.11 Å². The van der Waals surface area contributed by atoms with Crippen molar-refractivity contribution in [3.63, 3.8) is 0 Å². The second-order valence-electron chi connectivity index (χ2n) is 3.09. The summed E-state index contributed by atoms with van der Waals surface area (Å²) in [7, 11) is 1.62. The summed E-state index contributed by atoms with van der Waals surface area (Å²) in [5, 5.41) is 0. The number of ether oxygens (including phenoxy) is 1. The number of nitrogens with zero attached hydrogens (tertiary/aromatic N) is 1. The number of methoxy groups -OCH3 is 1. The second kappa shape index (κ2) is 4.00. The van der Waals surface area contributed by atoms with E-state index < -0.39 is 0 Å². The van der Waals surface area contributed by atoms with Crippen LogP contribution in [0.2, 0.25) is 0 Å². The molecular formula is C10H15N3O. The van der Waals surface area contributed by atoms with E-state index in [2.05, 4.69) is 4.99 Å².